The minimum Gasteiger partial charge on any atom is -0.516 e. The lowest BCUT2D eigenvalue weighted by Gasteiger charge is -1.94. The number of hydrogen-bond acceptors (Lipinski definition) is 2. The fourth-order valence-corrected chi connectivity index (χ4v) is 0.793. The summed E-state index contributed by atoms with van der Waals surface area (Å²) in [4.78, 5) is 4.15. The van der Waals surface area contributed by atoms with E-state index < -0.39 is 0 Å². The third-order valence-electron chi connectivity index (χ3n) is 1.41. The number of allylic oxidation sites excluding steroid dienone is 1. The Bertz CT molecular complexity index is 238. The Hall–Kier alpha value is -1.31. The minimum atomic E-state index is 0.691. The molecule has 0 aromatic carbocycles. The zero-order valence-corrected chi connectivity index (χ0v) is 6.49. The van der Waals surface area contributed by atoms with E-state index in [0.29, 0.717) is 6.42 Å². The van der Waals surface area contributed by atoms with Crippen molar-refractivity contribution in [2.45, 2.75) is 13.3 Å². The van der Waals surface area contributed by atoms with Crippen LogP contribution in [0.5, 0.6) is 0 Å². The molecular formula is C9H11NO. The van der Waals surface area contributed by atoms with Crippen LogP contribution in [-0.4, -0.2) is 10.1 Å². The van der Waals surface area contributed by atoms with Crippen LogP contribution in [0.3, 0.4) is 0 Å². The number of aryl methyl sites for hydroxylation is 1. The maximum absolute atomic E-state index is 8.37. The first-order chi connectivity index (χ1) is 5.33. The predicted molar refractivity (Wildman–Crippen MR) is 44.4 cm³/mol. The molecular weight excluding hydrogens is 138 g/mol. The van der Waals surface area contributed by atoms with Crippen molar-refractivity contribution in [1.82, 2.24) is 4.98 Å². The van der Waals surface area contributed by atoms with Gasteiger partial charge in [-0.2, -0.15) is 0 Å². The number of hydrogen-bond donors (Lipinski definition) is 1. The summed E-state index contributed by atoms with van der Waals surface area (Å²) in [5.74, 6) is 0. The van der Waals surface area contributed by atoms with Crippen LogP contribution < -0.4 is 0 Å². The van der Waals surface area contributed by atoms with Gasteiger partial charge in [-0.05, 0) is 24.6 Å². The summed E-state index contributed by atoms with van der Waals surface area (Å²) in [5.41, 5.74) is 2.13. The molecule has 1 rings (SSSR count). The second-order valence-electron chi connectivity index (χ2n) is 2.42. The number of aliphatic hydroxyl groups excluding tert-OH is 1. The molecule has 0 amide bonds. The Balaban J connectivity index is 2.66. The van der Waals surface area contributed by atoms with Gasteiger partial charge < -0.3 is 5.11 Å². The van der Waals surface area contributed by atoms with E-state index in [2.05, 4.69) is 4.98 Å². The van der Waals surface area contributed by atoms with Gasteiger partial charge in [0.1, 0.15) is 0 Å². The number of aliphatic hydroxyl groups is 1. The normalized spacial score (nSPS) is 10.6. The maximum Gasteiger partial charge on any atom is 0.0755 e. The van der Waals surface area contributed by atoms with Gasteiger partial charge in [0.2, 0.25) is 0 Å². The topological polar surface area (TPSA) is 33.1 Å². The van der Waals surface area contributed by atoms with Gasteiger partial charge in [0.15, 0.2) is 0 Å². The first kappa shape index (κ1) is 7.79. The van der Waals surface area contributed by atoms with Crippen LogP contribution in [0.15, 0.2) is 30.7 Å². The van der Waals surface area contributed by atoms with Crippen molar-refractivity contribution in [3.8, 4) is 0 Å². The molecule has 1 heterocycles. The van der Waals surface area contributed by atoms with Crippen molar-refractivity contribution in [2.24, 2.45) is 0 Å². The van der Waals surface area contributed by atoms with E-state index in [1.54, 1.807) is 6.08 Å². The molecule has 0 aliphatic heterocycles. The van der Waals surface area contributed by atoms with Crippen molar-refractivity contribution in [3.63, 3.8) is 0 Å². The smallest absolute Gasteiger partial charge is 0.0755 e. The second kappa shape index (κ2) is 3.76. The van der Waals surface area contributed by atoms with Crippen molar-refractivity contribution >= 4 is 0 Å². The van der Waals surface area contributed by atoms with Crippen LogP contribution in [0.1, 0.15) is 11.3 Å². The van der Waals surface area contributed by atoms with E-state index in [4.69, 9.17) is 5.11 Å². The summed E-state index contributed by atoms with van der Waals surface area (Å²) in [6, 6.07) is 3.96. The Morgan fingerprint density at radius 2 is 2.36 bits per heavy atom. The first-order valence-corrected chi connectivity index (χ1v) is 3.53. The van der Waals surface area contributed by atoms with E-state index in [-0.39, 0.29) is 0 Å². The lowest BCUT2D eigenvalue weighted by atomic mass is 10.2. The highest BCUT2D eigenvalue weighted by Gasteiger charge is 1.88. The van der Waals surface area contributed by atoms with Crippen LogP contribution >= 0.6 is 0 Å². The van der Waals surface area contributed by atoms with Gasteiger partial charge in [0.05, 0.1) is 6.26 Å². The van der Waals surface area contributed by atoms with Gasteiger partial charge in [-0.1, -0.05) is 6.07 Å². The zero-order valence-electron chi connectivity index (χ0n) is 6.49. The molecule has 0 spiro atoms. The van der Waals surface area contributed by atoms with E-state index in [0.717, 1.165) is 17.5 Å². The van der Waals surface area contributed by atoms with Crippen molar-refractivity contribution in [1.29, 1.82) is 0 Å². The number of pyridine rings is 1. The van der Waals surface area contributed by atoms with Gasteiger partial charge in [-0.3, -0.25) is 4.98 Å². The SMILES string of the molecule is Cc1ccc(CC=CO)nc1. The molecule has 0 aliphatic carbocycles. The number of aromatic nitrogens is 1. The number of nitrogens with zero attached hydrogens (tertiary/aromatic N) is 1. The maximum atomic E-state index is 8.37. The van der Waals surface area contributed by atoms with E-state index in [1.165, 1.54) is 0 Å². The van der Waals surface area contributed by atoms with Gasteiger partial charge in [0, 0.05) is 18.3 Å². The predicted octanol–water partition coefficient (Wildman–Crippen LogP) is 2.00. The van der Waals surface area contributed by atoms with Crippen LogP contribution in [0.2, 0.25) is 0 Å². The average molecular weight is 149 g/mol. The molecule has 0 bridgehead atoms. The molecule has 0 radical (unpaired) electrons. The molecule has 1 N–H and O–H groups in total. The van der Waals surface area contributed by atoms with Gasteiger partial charge >= 0.3 is 0 Å². The molecule has 0 saturated carbocycles. The van der Waals surface area contributed by atoms with Crippen molar-refractivity contribution in [3.05, 3.63) is 41.9 Å². The summed E-state index contributed by atoms with van der Waals surface area (Å²) in [6.45, 7) is 2.00. The summed E-state index contributed by atoms with van der Waals surface area (Å²) in [7, 11) is 0. The van der Waals surface area contributed by atoms with Crippen molar-refractivity contribution in [2.75, 3.05) is 0 Å². The third kappa shape index (κ3) is 2.42. The molecule has 2 heteroatoms. The van der Waals surface area contributed by atoms with E-state index in [1.807, 2.05) is 25.3 Å². The first-order valence-electron chi connectivity index (χ1n) is 3.53. The second-order valence-corrected chi connectivity index (χ2v) is 2.42. The molecule has 1 aromatic heterocycles. The molecule has 0 aliphatic rings. The third-order valence-corrected chi connectivity index (χ3v) is 1.41. The quantitative estimate of drug-likeness (QED) is 0.652. The fourth-order valence-electron chi connectivity index (χ4n) is 0.793. The molecule has 0 unspecified atom stereocenters. The Labute approximate surface area is 66.2 Å². The largest absolute Gasteiger partial charge is 0.516 e. The van der Waals surface area contributed by atoms with Crippen LogP contribution in [0.4, 0.5) is 0 Å². The Morgan fingerprint density at radius 1 is 1.55 bits per heavy atom. The van der Waals surface area contributed by atoms with Gasteiger partial charge in [-0.25, -0.2) is 0 Å². The molecule has 11 heavy (non-hydrogen) atoms. The summed E-state index contributed by atoms with van der Waals surface area (Å²) < 4.78 is 0. The molecule has 0 atom stereocenters. The van der Waals surface area contributed by atoms with Gasteiger partial charge in [-0.15, -0.1) is 0 Å². The summed E-state index contributed by atoms with van der Waals surface area (Å²) in [6.07, 6.45) is 5.22. The van der Waals surface area contributed by atoms with Crippen LogP contribution in [-0.2, 0) is 6.42 Å². The minimum absolute atomic E-state index is 0.691. The monoisotopic (exact) mass is 149 g/mol. The Morgan fingerprint density at radius 3 is 2.91 bits per heavy atom. The number of rotatable bonds is 2. The lowest BCUT2D eigenvalue weighted by molar-refractivity contribution is 0.471. The lowest BCUT2D eigenvalue weighted by Crippen LogP contribution is -1.86. The molecule has 1 aromatic rings. The van der Waals surface area contributed by atoms with Crippen LogP contribution in [0.25, 0.3) is 0 Å². The van der Waals surface area contributed by atoms with Crippen LogP contribution in [0, 0.1) is 6.92 Å². The van der Waals surface area contributed by atoms with E-state index >= 15 is 0 Å². The average Bonchev–Trinajstić information content (AvgIpc) is 2.04. The Kier molecular flexibility index (Phi) is 2.66. The highest BCUT2D eigenvalue weighted by atomic mass is 16.2. The fraction of sp³-hybridized carbons (Fsp3) is 0.222. The van der Waals surface area contributed by atoms with Gasteiger partial charge in [0.25, 0.3) is 0 Å². The highest BCUT2D eigenvalue weighted by molar-refractivity contribution is 5.13. The van der Waals surface area contributed by atoms with E-state index in [9.17, 15) is 0 Å². The molecule has 2 nitrogen and oxygen atoms in total. The highest BCUT2D eigenvalue weighted by Crippen LogP contribution is 1.99. The summed E-state index contributed by atoms with van der Waals surface area (Å²) >= 11 is 0. The standard InChI is InChI=1S/C9H11NO/c1-8-4-5-9(10-7-8)3-2-6-11/h2,4-7,11H,3H2,1H3. The zero-order chi connectivity index (χ0) is 8.10. The van der Waals surface area contributed by atoms with Crippen molar-refractivity contribution < 1.29 is 5.11 Å². The molecule has 0 fully saturated rings. The molecule has 0 saturated heterocycles. The summed E-state index contributed by atoms with van der Waals surface area (Å²) in [5, 5.41) is 8.37. The molecule has 58 valence electrons.